The molecule has 0 radical (unpaired) electrons. The van der Waals surface area contributed by atoms with Gasteiger partial charge in [0.1, 0.15) is 30.4 Å². The third-order valence-corrected chi connectivity index (χ3v) is 8.08. The van der Waals surface area contributed by atoms with Crippen LogP contribution in [0, 0.1) is 19.3 Å². The predicted octanol–water partition coefficient (Wildman–Crippen LogP) is 2.80. The summed E-state index contributed by atoms with van der Waals surface area (Å²) in [5, 5.41) is 8.19. The van der Waals surface area contributed by atoms with Crippen LogP contribution in [0.25, 0.3) is 22.0 Å². The van der Waals surface area contributed by atoms with E-state index in [1.807, 2.05) is 26.0 Å². The van der Waals surface area contributed by atoms with Gasteiger partial charge in [-0.3, -0.25) is 19.1 Å². The molecule has 1 N–H and O–H groups in total. The first kappa shape index (κ1) is 25.7. The highest BCUT2D eigenvalue weighted by atomic mass is 16.2. The number of aromatic nitrogens is 6. The van der Waals surface area contributed by atoms with E-state index in [9.17, 15) is 14.4 Å². The fourth-order valence-electron chi connectivity index (χ4n) is 5.90. The third kappa shape index (κ3) is 4.51. The van der Waals surface area contributed by atoms with Gasteiger partial charge in [-0.15, -0.1) is 0 Å². The zero-order valence-corrected chi connectivity index (χ0v) is 22.9. The van der Waals surface area contributed by atoms with E-state index in [1.54, 1.807) is 34.2 Å². The van der Waals surface area contributed by atoms with Crippen molar-refractivity contribution in [3.63, 3.8) is 0 Å². The number of carbonyl (C=O) groups excluding carboxylic acids is 3. The molecule has 0 spiro atoms. The quantitative estimate of drug-likeness (QED) is 0.355. The molecule has 1 saturated carbocycles. The van der Waals surface area contributed by atoms with Crippen LogP contribution >= 0.6 is 0 Å². The Labute approximate surface area is 231 Å². The van der Waals surface area contributed by atoms with Gasteiger partial charge < -0.3 is 10.2 Å². The monoisotopic (exact) mass is 538 g/mol. The van der Waals surface area contributed by atoms with Crippen LogP contribution in [-0.4, -0.2) is 64.3 Å². The summed E-state index contributed by atoms with van der Waals surface area (Å²) in [6, 6.07) is 5.07. The molecule has 0 bridgehead atoms. The van der Waals surface area contributed by atoms with Crippen molar-refractivity contribution >= 4 is 28.5 Å². The number of piperidine rings is 1. The number of ketones is 1. The summed E-state index contributed by atoms with van der Waals surface area (Å²) in [4.78, 5) is 58.0. The molecule has 11 heteroatoms. The standard InChI is InChI=1S/C29H30N8O3/c1-16-7-19(20-11-31-18(3)32-12-20)8-22-26(17(2)38)35-36(27(16)22)14-25(39)37-23(9-29(4)10-24(29)37)28(40)33-13-21-5-6-30-15-34-21/h5-8,11-12,15,23-24H,9-10,13-14H2,1-4H3,(H,33,40)/t23-,24+,29-/m0/s1. The lowest BCUT2D eigenvalue weighted by atomic mass is 10.0. The van der Waals surface area contributed by atoms with Crippen molar-refractivity contribution in [1.82, 2.24) is 39.9 Å². The van der Waals surface area contributed by atoms with Crippen LogP contribution in [-0.2, 0) is 22.7 Å². The molecule has 0 unspecified atom stereocenters. The van der Waals surface area contributed by atoms with Gasteiger partial charge in [-0.2, -0.15) is 5.10 Å². The van der Waals surface area contributed by atoms with Gasteiger partial charge in [0.05, 0.1) is 17.8 Å². The Balaban J connectivity index is 1.29. The molecule has 1 aromatic carbocycles. The topological polar surface area (TPSA) is 136 Å². The molecule has 4 aromatic rings. The number of hydrogen-bond donors (Lipinski definition) is 1. The van der Waals surface area contributed by atoms with E-state index >= 15 is 0 Å². The smallest absolute Gasteiger partial charge is 0.245 e. The molecule has 4 heterocycles. The summed E-state index contributed by atoms with van der Waals surface area (Å²) < 4.78 is 1.60. The summed E-state index contributed by atoms with van der Waals surface area (Å²) in [5.41, 5.74) is 4.22. The number of rotatable bonds is 7. The van der Waals surface area contributed by atoms with Crippen LogP contribution in [0.5, 0.6) is 0 Å². The zero-order valence-electron chi connectivity index (χ0n) is 22.9. The number of nitrogens with one attached hydrogen (secondary N) is 1. The number of Topliss-reactive ketones (excluding diaryl/α,β-unsaturated/α-hetero) is 1. The average molecular weight is 539 g/mol. The van der Waals surface area contributed by atoms with E-state index in [0.29, 0.717) is 29.0 Å². The van der Waals surface area contributed by atoms with Crippen molar-refractivity contribution in [3.05, 3.63) is 65.9 Å². The van der Waals surface area contributed by atoms with Gasteiger partial charge >= 0.3 is 0 Å². The van der Waals surface area contributed by atoms with E-state index in [4.69, 9.17) is 0 Å². The van der Waals surface area contributed by atoms with Gasteiger partial charge in [0, 0.05) is 42.5 Å². The molecular weight excluding hydrogens is 508 g/mol. The van der Waals surface area contributed by atoms with Crippen molar-refractivity contribution in [2.24, 2.45) is 5.41 Å². The zero-order chi connectivity index (χ0) is 28.2. The van der Waals surface area contributed by atoms with E-state index in [1.165, 1.54) is 13.3 Å². The van der Waals surface area contributed by atoms with Crippen molar-refractivity contribution in [2.75, 3.05) is 0 Å². The SMILES string of the molecule is CC(=O)c1nn(CC(=O)N2[C@H](C(=O)NCc3ccncn3)C[C@@]3(C)C[C@@H]23)c2c(C)cc(-c3cnc(C)nc3)cc12. The number of hydrogen-bond acceptors (Lipinski definition) is 8. The first-order chi connectivity index (χ1) is 19.1. The minimum absolute atomic E-state index is 0.0122. The lowest BCUT2D eigenvalue weighted by Crippen LogP contribution is -2.48. The Bertz CT molecular complexity index is 1650. The normalized spacial score (nSPS) is 21.4. The second-order valence-corrected chi connectivity index (χ2v) is 11.1. The largest absolute Gasteiger partial charge is 0.349 e. The number of aryl methyl sites for hydroxylation is 2. The molecule has 2 amide bonds. The third-order valence-electron chi connectivity index (χ3n) is 8.08. The molecule has 2 aliphatic rings. The van der Waals surface area contributed by atoms with Crippen molar-refractivity contribution in [2.45, 2.75) is 65.7 Å². The van der Waals surface area contributed by atoms with Gasteiger partial charge in [-0.05, 0) is 61.4 Å². The number of amides is 2. The molecule has 3 atom stereocenters. The number of benzene rings is 1. The molecular formula is C29H30N8O3. The van der Waals surface area contributed by atoms with Gasteiger partial charge in [0.15, 0.2) is 5.78 Å². The fraction of sp³-hybridized carbons (Fsp3) is 0.379. The minimum atomic E-state index is -0.568. The van der Waals surface area contributed by atoms with E-state index < -0.39 is 6.04 Å². The van der Waals surface area contributed by atoms with Crippen LogP contribution in [0.4, 0.5) is 0 Å². The highest BCUT2D eigenvalue weighted by molar-refractivity contribution is 6.07. The van der Waals surface area contributed by atoms with Crippen molar-refractivity contribution < 1.29 is 14.4 Å². The van der Waals surface area contributed by atoms with Crippen LogP contribution in [0.15, 0.2) is 43.1 Å². The highest BCUT2D eigenvalue weighted by Gasteiger charge is 2.64. The Morgan fingerprint density at radius 2 is 1.85 bits per heavy atom. The van der Waals surface area contributed by atoms with Crippen molar-refractivity contribution in [3.8, 4) is 11.1 Å². The van der Waals surface area contributed by atoms with Gasteiger partial charge in [0.25, 0.3) is 0 Å². The summed E-state index contributed by atoms with van der Waals surface area (Å²) in [6.07, 6.45) is 8.04. The molecule has 204 valence electrons. The Kier molecular flexibility index (Phi) is 6.16. The summed E-state index contributed by atoms with van der Waals surface area (Å²) in [6.45, 7) is 7.54. The Hall–Kier alpha value is -4.54. The first-order valence-corrected chi connectivity index (χ1v) is 13.3. The molecule has 2 fully saturated rings. The van der Waals surface area contributed by atoms with Gasteiger partial charge in [0.2, 0.25) is 11.8 Å². The minimum Gasteiger partial charge on any atom is -0.349 e. The fourth-order valence-corrected chi connectivity index (χ4v) is 5.90. The molecule has 1 aliphatic carbocycles. The molecule has 6 rings (SSSR count). The number of nitrogens with zero attached hydrogens (tertiary/aromatic N) is 7. The number of carbonyl (C=O) groups is 3. The average Bonchev–Trinajstić information content (AvgIpc) is 3.29. The van der Waals surface area contributed by atoms with E-state index in [0.717, 1.165) is 28.6 Å². The molecule has 11 nitrogen and oxygen atoms in total. The second-order valence-electron chi connectivity index (χ2n) is 11.1. The molecule has 40 heavy (non-hydrogen) atoms. The van der Waals surface area contributed by atoms with Crippen LogP contribution in [0.1, 0.15) is 54.3 Å². The first-order valence-electron chi connectivity index (χ1n) is 13.3. The molecule has 1 saturated heterocycles. The predicted molar refractivity (Wildman–Crippen MR) is 146 cm³/mol. The van der Waals surface area contributed by atoms with Crippen LogP contribution in [0.2, 0.25) is 0 Å². The second kappa shape index (κ2) is 9.58. The van der Waals surface area contributed by atoms with Gasteiger partial charge in [-0.1, -0.05) is 6.92 Å². The number of fused-ring (bicyclic) bond motifs is 2. The van der Waals surface area contributed by atoms with Crippen LogP contribution in [0.3, 0.4) is 0 Å². The lowest BCUT2D eigenvalue weighted by molar-refractivity contribution is -0.140. The van der Waals surface area contributed by atoms with Gasteiger partial charge in [-0.25, -0.2) is 19.9 Å². The Morgan fingerprint density at radius 3 is 2.55 bits per heavy atom. The Morgan fingerprint density at radius 1 is 1.07 bits per heavy atom. The maximum Gasteiger partial charge on any atom is 0.245 e. The van der Waals surface area contributed by atoms with Crippen molar-refractivity contribution in [1.29, 1.82) is 0 Å². The van der Waals surface area contributed by atoms with E-state index in [-0.39, 0.29) is 42.1 Å². The maximum atomic E-state index is 13.8. The maximum absolute atomic E-state index is 13.8. The summed E-state index contributed by atoms with van der Waals surface area (Å²) >= 11 is 0. The highest BCUT2D eigenvalue weighted by Crippen LogP contribution is 2.59. The molecule has 1 aliphatic heterocycles. The van der Waals surface area contributed by atoms with Crippen LogP contribution < -0.4 is 5.32 Å². The number of likely N-dealkylation sites (tertiary alicyclic amines) is 1. The van der Waals surface area contributed by atoms with E-state index in [2.05, 4.69) is 37.3 Å². The lowest BCUT2D eigenvalue weighted by Gasteiger charge is -2.27. The summed E-state index contributed by atoms with van der Waals surface area (Å²) in [7, 11) is 0. The summed E-state index contributed by atoms with van der Waals surface area (Å²) in [5.74, 6) is 0.0948. The molecule has 3 aromatic heterocycles.